The Bertz CT molecular complexity index is 236. The van der Waals surface area contributed by atoms with Gasteiger partial charge in [0, 0.05) is 19.9 Å². The highest BCUT2D eigenvalue weighted by atomic mass is 32.1. The number of rotatable bonds is 1. The Morgan fingerprint density at radius 3 is 2.08 bits per heavy atom. The summed E-state index contributed by atoms with van der Waals surface area (Å²) in [7, 11) is 3.25. The van der Waals surface area contributed by atoms with E-state index in [0.29, 0.717) is 0 Å². The Hall–Kier alpha value is -0.930. The molecule has 0 fully saturated rings. The summed E-state index contributed by atoms with van der Waals surface area (Å²) in [6, 6.07) is 9.89. The molecular weight excluding hydrogens is 182 g/mol. The normalized spacial score (nSPS) is 8.23. The molecule has 0 spiro atoms. The summed E-state index contributed by atoms with van der Waals surface area (Å²) in [5.41, 5.74) is 1.05. The molecule has 0 unspecified atom stereocenters. The molecule has 0 aliphatic heterocycles. The second-order valence-electron chi connectivity index (χ2n) is 2.46. The highest BCUT2D eigenvalue weighted by Gasteiger charge is 1.86. The minimum Gasteiger partial charge on any atom is -0.388 e. The van der Waals surface area contributed by atoms with E-state index in [-0.39, 0.29) is 0 Å². The fourth-order valence-corrected chi connectivity index (χ4v) is 0.843. The molecule has 3 heteroatoms. The maximum atomic E-state index is 4.87. The maximum absolute atomic E-state index is 4.87. The predicted octanol–water partition coefficient (Wildman–Crippen LogP) is 2.71. The first-order chi connectivity index (χ1) is 6.20. The predicted molar refractivity (Wildman–Crippen MR) is 61.3 cm³/mol. The van der Waals surface area contributed by atoms with Crippen LogP contribution in [-0.4, -0.2) is 19.2 Å². The van der Waals surface area contributed by atoms with Crippen molar-refractivity contribution in [3.63, 3.8) is 0 Å². The van der Waals surface area contributed by atoms with Gasteiger partial charge in [0.1, 0.15) is 0 Å². The number of methoxy groups -OCH3 is 1. The molecule has 0 bridgehead atoms. The molecule has 2 nitrogen and oxygen atoms in total. The molecule has 0 aliphatic carbocycles. The van der Waals surface area contributed by atoms with E-state index < -0.39 is 0 Å². The Morgan fingerprint density at radius 1 is 1.23 bits per heavy atom. The highest BCUT2D eigenvalue weighted by Crippen LogP contribution is 2.04. The number of hydrogen-bond acceptors (Lipinski definition) is 2. The van der Waals surface area contributed by atoms with Crippen molar-refractivity contribution in [2.24, 2.45) is 0 Å². The lowest BCUT2D eigenvalue weighted by molar-refractivity contribution is 0.277. The number of para-hydroxylation sites is 1. The van der Waals surface area contributed by atoms with Crippen molar-refractivity contribution >= 4 is 22.9 Å². The summed E-state index contributed by atoms with van der Waals surface area (Å²) in [5, 5.41) is 3.04. The minimum absolute atomic E-state index is 0.797. The largest absolute Gasteiger partial charge is 0.388 e. The molecule has 0 amide bonds. The van der Waals surface area contributed by atoms with Crippen LogP contribution in [0.4, 0.5) is 5.69 Å². The Morgan fingerprint density at radius 2 is 1.69 bits per heavy atom. The summed E-state index contributed by atoms with van der Waals surface area (Å²) >= 11 is 4.87. The topological polar surface area (TPSA) is 21.3 Å². The molecule has 1 aromatic carbocycles. The van der Waals surface area contributed by atoms with Gasteiger partial charge in [0.05, 0.1) is 4.99 Å². The van der Waals surface area contributed by atoms with Gasteiger partial charge in [-0.3, -0.25) is 0 Å². The van der Waals surface area contributed by atoms with Crippen LogP contribution in [0.5, 0.6) is 0 Å². The number of anilines is 1. The first kappa shape index (κ1) is 12.1. The minimum atomic E-state index is 0.797. The maximum Gasteiger partial charge on any atom is 0.0765 e. The van der Waals surface area contributed by atoms with E-state index in [2.05, 4.69) is 10.1 Å². The van der Waals surface area contributed by atoms with Crippen molar-refractivity contribution in [1.29, 1.82) is 0 Å². The van der Waals surface area contributed by atoms with Crippen LogP contribution in [0.25, 0.3) is 0 Å². The Balaban J connectivity index is 0.000000424. The van der Waals surface area contributed by atoms with E-state index in [0.717, 1.165) is 10.7 Å². The molecule has 0 aliphatic rings. The van der Waals surface area contributed by atoms with Gasteiger partial charge in [0.2, 0.25) is 0 Å². The van der Waals surface area contributed by atoms with E-state index in [4.69, 9.17) is 12.2 Å². The van der Waals surface area contributed by atoms with Crippen LogP contribution in [0, 0.1) is 0 Å². The van der Waals surface area contributed by atoms with Crippen molar-refractivity contribution in [1.82, 2.24) is 0 Å². The fraction of sp³-hybridized carbons (Fsp3) is 0.300. The van der Waals surface area contributed by atoms with Gasteiger partial charge in [-0.25, -0.2) is 0 Å². The van der Waals surface area contributed by atoms with Crippen LogP contribution in [0.2, 0.25) is 0 Å². The van der Waals surface area contributed by atoms with E-state index in [1.807, 2.05) is 37.3 Å². The van der Waals surface area contributed by atoms with Crippen molar-refractivity contribution in [3.05, 3.63) is 30.3 Å². The third-order valence-electron chi connectivity index (χ3n) is 1.09. The van der Waals surface area contributed by atoms with E-state index in [9.17, 15) is 0 Å². The monoisotopic (exact) mass is 197 g/mol. The first-order valence-corrected chi connectivity index (χ1v) is 4.34. The first-order valence-electron chi connectivity index (χ1n) is 3.93. The molecule has 0 radical (unpaired) electrons. The Kier molecular flexibility index (Phi) is 7.15. The van der Waals surface area contributed by atoms with E-state index >= 15 is 0 Å². The SMILES string of the molecule is CC(=S)Nc1ccccc1.COC. The summed E-state index contributed by atoms with van der Waals surface area (Å²) < 4.78 is 4.25. The number of hydrogen-bond donors (Lipinski definition) is 1. The van der Waals surface area contributed by atoms with E-state index in [1.54, 1.807) is 14.2 Å². The molecule has 1 N–H and O–H groups in total. The summed E-state index contributed by atoms with van der Waals surface area (Å²) in [6.07, 6.45) is 0. The van der Waals surface area contributed by atoms with Crippen molar-refractivity contribution in [3.8, 4) is 0 Å². The molecule has 0 atom stereocenters. The van der Waals surface area contributed by atoms with Gasteiger partial charge in [-0.1, -0.05) is 30.4 Å². The second-order valence-corrected chi connectivity index (χ2v) is 3.07. The van der Waals surface area contributed by atoms with Crippen LogP contribution in [0.1, 0.15) is 6.92 Å². The quantitative estimate of drug-likeness (QED) is 0.699. The molecule has 0 saturated carbocycles. The number of thiocarbonyl (C=S) groups is 1. The van der Waals surface area contributed by atoms with Crippen molar-refractivity contribution in [2.45, 2.75) is 6.92 Å². The molecule has 0 aromatic heterocycles. The van der Waals surface area contributed by atoms with Gasteiger partial charge in [0.25, 0.3) is 0 Å². The fourth-order valence-electron chi connectivity index (χ4n) is 0.725. The molecule has 72 valence electrons. The third kappa shape index (κ3) is 7.43. The van der Waals surface area contributed by atoms with Crippen LogP contribution < -0.4 is 5.32 Å². The number of ether oxygens (including phenoxy) is 1. The summed E-state index contributed by atoms with van der Waals surface area (Å²) in [6.45, 7) is 1.86. The molecule has 13 heavy (non-hydrogen) atoms. The Labute approximate surface area is 84.9 Å². The van der Waals surface area contributed by atoms with Crippen LogP contribution in [0.15, 0.2) is 30.3 Å². The lowest BCUT2D eigenvalue weighted by atomic mass is 10.3. The zero-order valence-corrected chi connectivity index (χ0v) is 9.02. The molecular formula is C10H15NOS. The molecule has 1 rings (SSSR count). The zero-order chi connectivity index (χ0) is 10.1. The smallest absolute Gasteiger partial charge is 0.0765 e. The van der Waals surface area contributed by atoms with Crippen molar-refractivity contribution < 1.29 is 4.74 Å². The zero-order valence-electron chi connectivity index (χ0n) is 8.20. The molecule has 1 aromatic rings. The van der Waals surface area contributed by atoms with E-state index in [1.165, 1.54) is 0 Å². The summed E-state index contributed by atoms with van der Waals surface area (Å²) in [4.78, 5) is 0.797. The molecule has 0 heterocycles. The van der Waals surface area contributed by atoms with Gasteiger partial charge in [-0.15, -0.1) is 0 Å². The van der Waals surface area contributed by atoms with Gasteiger partial charge in [-0.05, 0) is 19.1 Å². The number of nitrogens with one attached hydrogen (secondary N) is 1. The number of benzene rings is 1. The van der Waals surface area contributed by atoms with Crippen LogP contribution in [-0.2, 0) is 4.74 Å². The summed E-state index contributed by atoms with van der Waals surface area (Å²) in [5.74, 6) is 0. The average Bonchev–Trinajstić information content (AvgIpc) is 2.06. The van der Waals surface area contributed by atoms with Crippen LogP contribution in [0.3, 0.4) is 0 Å². The second kappa shape index (κ2) is 7.71. The van der Waals surface area contributed by atoms with Crippen molar-refractivity contribution in [2.75, 3.05) is 19.5 Å². The highest BCUT2D eigenvalue weighted by molar-refractivity contribution is 7.80. The van der Waals surface area contributed by atoms with Gasteiger partial charge in [0.15, 0.2) is 0 Å². The van der Waals surface area contributed by atoms with Crippen LogP contribution >= 0.6 is 12.2 Å². The average molecular weight is 197 g/mol. The molecule has 0 saturated heterocycles. The van der Waals surface area contributed by atoms with Gasteiger partial charge < -0.3 is 10.1 Å². The lowest BCUT2D eigenvalue weighted by Gasteiger charge is -2.00. The third-order valence-corrected chi connectivity index (χ3v) is 1.20. The van der Waals surface area contributed by atoms with Gasteiger partial charge in [-0.2, -0.15) is 0 Å². The van der Waals surface area contributed by atoms with Gasteiger partial charge >= 0.3 is 0 Å². The standard InChI is InChI=1S/C8H9NS.C2H6O/c1-7(10)9-8-5-3-2-4-6-8;1-3-2/h2-6H,1H3,(H,9,10);1-2H3. The lowest BCUT2D eigenvalue weighted by Crippen LogP contribution is -2.02.